The van der Waals surface area contributed by atoms with Crippen molar-refractivity contribution in [3.8, 4) is 16.9 Å². The number of pyridine rings is 1. The zero-order valence-electron chi connectivity index (χ0n) is 20.7. The third-order valence-electron chi connectivity index (χ3n) is 6.69. The van der Waals surface area contributed by atoms with E-state index in [0.29, 0.717) is 22.2 Å². The molecule has 0 spiro atoms. The average molecular weight is 593 g/mol. The number of halogens is 3. The maximum atomic E-state index is 12.7. The Morgan fingerprint density at radius 1 is 1.00 bits per heavy atom. The topological polar surface area (TPSA) is 82.5 Å². The Morgan fingerprint density at radius 2 is 1.71 bits per heavy atom. The average Bonchev–Trinajstić information content (AvgIpc) is 3.39. The number of rotatable bonds is 7. The monoisotopic (exact) mass is 591 g/mol. The van der Waals surface area contributed by atoms with Crippen LogP contribution in [0.3, 0.4) is 0 Å². The molecule has 2 heterocycles. The van der Waals surface area contributed by atoms with Gasteiger partial charge in [-0.25, -0.2) is 8.42 Å². The first-order valence-electron chi connectivity index (χ1n) is 12.1. The van der Waals surface area contributed by atoms with Gasteiger partial charge in [0.2, 0.25) is 0 Å². The molecule has 0 aliphatic carbocycles. The zero-order chi connectivity index (χ0) is 26.2. The predicted octanol–water partition coefficient (Wildman–Crippen LogP) is 7.12. The van der Waals surface area contributed by atoms with Gasteiger partial charge in [-0.05, 0) is 85.4 Å². The molecule has 10 heteroatoms. The fourth-order valence-corrected chi connectivity index (χ4v) is 6.00. The van der Waals surface area contributed by atoms with Gasteiger partial charge in [-0.15, -0.1) is 12.4 Å². The second-order valence-electron chi connectivity index (χ2n) is 9.41. The highest BCUT2D eigenvalue weighted by atomic mass is 35.5. The lowest BCUT2D eigenvalue weighted by atomic mass is 10.0. The summed E-state index contributed by atoms with van der Waals surface area (Å²) in [4.78, 5) is 6.99. The number of sulfone groups is 1. The molecule has 1 aromatic heterocycles. The van der Waals surface area contributed by atoms with Gasteiger partial charge in [-0.1, -0.05) is 41.4 Å². The minimum atomic E-state index is -3.58. The van der Waals surface area contributed by atoms with Crippen molar-refractivity contribution in [1.82, 2.24) is 9.88 Å². The molecule has 5 rings (SSSR count). The fraction of sp³-hybridized carbons (Fsp3) is 0.250. The second-order valence-corrected chi connectivity index (χ2v) is 12.2. The van der Waals surface area contributed by atoms with E-state index in [2.05, 4.69) is 27.3 Å². The van der Waals surface area contributed by atoms with E-state index in [-0.39, 0.29) is 33.1 Å². The van der Waals surface area contributed by atoms with E-state index in [0.717, 1.165) is 37.3 Å². The Morgan fingerprint density at radius 3 is 2.39 bits per heavy atom. The van der Waals surface area contributed by atoms with Gasteiger partial charge in [-0.2, -0.15) is 0 Å². The van der Waals surface area contributed by atoms with Crippen LogP contribution in [0.4, 0.5) is 11.4 Å². The summed E-state index contributed by atoms with van der Waals surface area (Å²) in [5.74, 6) is -0.180. The number of benzene rings is 3. The maximum Gasteiger partial charge on any atom is 0.179 e. The molecule has 200 valence electrons. The number of aromatic hydroxyl groups is 1. The Kier molecular flexibility index (Phi) is 8.75. The number of nitrogens with zero attached hydrogens (tertiary/aromatic N) is 2. The Bertz CT molecular complexity index is 1570. The molecular formula is C28H28Cl3N3O3S. The molecule has 0 radical (unpaired) electrons. The molecule has 1 fully saturated rings. The molecule has 6 nitrogen and oxygen atoms in total. The first-order valence-corrected chi connectivity index (χ1v) is 14.7. The molecule has 3 aromatic carbocycles. The van der Waals surface area contributed by atoms with Crippen LogP contribution in [0.2, 0.25) is 10.0 Å². The van der Waals surface area contributed by atoms with E-state index in [1.165, 1.54) is 30.9 Å². The van der Waals surface area contributed by atoms with Crippen molar-refractivity contribution in [2.24, 2.45) is 0 Å². The van der Waals surface area contributed by atoms with Crippen molar-refractivity contribution >= 4 is 67.7 Å². The summed E-state index contributed by atoms with van der Waals surface area (Å²) < 4.78 is 25.5. The molecule has 1 aliphatic rings. The highest BCUT2D eigenvalue weighted by molar-refractivity contribution is 7.90. The van der Waals surface area contributed by atoms with Crippen LogP contribution in [-0.2, 0) is 16.3 Å². The summed E-state index contributed by atoms with van der Waals surface area (Å²) in [6.07, 6.45) is 6.02. The summed E-state index contributed by atoms with van der Waals surface area (Å²) in [5, 5.41) is 14.2. The van der Waals surface area contributed by atoms with E-state index in [9.17, 15) is 13.5 Å². The lowest BCUT2D eigenvalue weighted by Gasteiger charge is -2.17. The lowest BCUT2D eigenvalue weighted by Crippen LogP contribution is -2.21. The number of likely N-dealkylation sites (tertiary alicyclic amines) is 1. The van der Waals surface area contributed by atoms with Crippen LogP contribution < -0.4 is 5.32 Å². The van der Waals surface area contributed by atoms with E-state index < -0.39 is 9.84 Å². The van der Waals surface area contributed by atoms with Gasteiger partial charge < -0.3 is 15.3 Å². The standard InChI is InChI=1S/C28H27Cl2N3O3S.ClH/c1-37(35,36)26-17-31-25-8-7-19(20-15-23(29)28(34)24(30)16-20)14-22(25)27(26)32-21-6-4-5-18(13-21)9-12-33-10-2-3-11-33;/h4-8,13-17,34H,2-3,9-12H2,1H3,(H,31,32);1H. The van der Waals surface area contributed by atoms with Crippen LogP contribution in [0.1, 0.15) is 18.4 Å². The first kappa shape index (κ1) is 28.5. The number of anilines is 2. The van der Waals surface area contributed by atoms with E-state index in [1.807, 2.05) is 30.3 Å². The van der Waals surface area contributed by atoms with Crippen molar-refractivity contribution in [1.29, 1.82) is 0 Å². The van der Waals surface area contributed by atoms with Gasteiger partial charge in [0.1, 0.15) is 4.90 Å². The van der Waals surface area contributed by atoms with Crippen LogP contribution >= 0.6 is 35.6 Å². The van der Waals surface area contributed by atoms with Crippen molar-refractivity contribution in [3.05, 3.63) is 76.4 Å². The van der Waals surface area contributed by atoms with Crippen LogP contribution in [0.25, 0.3) is 22.0 Å². The molecule has 2 N–H and O–H groups in total. The van der Waals surface area contributed by atoms with Gasteiger partial charge in [-0.3, -0.25) is 4.98 Å². The van der Waals surface area contributed by atoms with E-state index in [4.69, 9.17) is 23.2 Å². The van der Waals surface area contributed by atoms with Crippen molar-refractivity contribution in [2.45, 2.75) is 24.2 Å². The molecule has 0 saturated carbocycles. The summed E-state index contributed by atoms with van der Waals surface area (Å²) >= 11 is 12.3. The van der Waals surface area contributed by atoms with Crippen LogP contribution in [0.5, 0.6) is 5.75 Å². The quantitative estimate of drug-likeness (QED) is 0.238. The summed E-state index contributed by atoms with van der Waals surface area (Å²) in [6.45, 7) is 3.31. The number of aromatic nitrogens is 1. The largest absolute Gasteiger partial charge is 0.505 e. The SMILES string of the molecule is CS(=O)(=O)c1cnc2ccc(-c3cc(Cl)c(O)c(Cl)c3)cc2c1Nc1cccc(CCN2CCCC2)c1.Cl. The van der Waals surface area contributed by atoms with Gasteiger partial charge >= 0.3 is 0 Å². The molecule has 1 aliphatic heterocycles. The van der Waals surface area contributed by atoms with E-state index in [1.54, 1.807) is 12.1 Å². The summed E-state index contributed by atoms with van der Waals surface area (Å²) in [6, 6.07) is 16.9. The molecule has 0 atom stereocenters. The molecule has 0 bridgehead atoms. The van der Waals surface area contributed by atoms with Gasteiger partial charge in [0.15, 0.2) is 15.6 Å². The Balaban J connectivity index is 0.00000336. The van der Waals surface area contributed by atoms with Gasteiger partial charge in [0, 0.05) is 30.1 Å². The number of hydrogen-bond acceptors (Lipinski definition) is 6. The maximum absolute atomic E-state index is 12.7. The normalized spacial score (nSPS) is 14.0. The van der Waals surface area contributed by atoms with Crippen molar-refractivity contribution in [2.75, 3.05) is 31.2 Å². The minimum absolute atomic E-state index is 0. The highest BCUT2D eigenvalue weighted by Crippen LogP contribution is 2.39. The third-order valence-corrected chi connectivity index (χ3v) is 8.38. The number of hydrogen-bond donors (Lipinski definition) is 2. The number of nitrogens with one attached hydrogen (secondary N) is 1. The first-order chi connectivity index (χ1) is 17.7. The van der Waals surface area contributed by atoms with Crippen LogP contribution in [-0.4, -0.2) is 49.3 Å². The van der Waals surface area contributed by atoms with Crippen molar-refractivity contribution in [3.63, 3.8) is 0 Å². The zero-order valence-corrected chi connectivity index (χ0v) is 23.9. The molecule has 0 amide bonds. The van der Waals surface area contributed by atoms with Crippen LogP contribution in [0.15, 0.2) is 65.7 Å². The smallest absolute Gasteiger partial charge is 0.179 e. The van der Waals surface area contributed by atoms with Crippen molar-refractivity contribution < 1.29 is 13.5 Å². The molecule has 1 saturated heterocycles. The molecule has 38 heavy (non-hydrogen) atoms. The molecule has 4 aromatic rings. The van der Waals surface area contributed by atoms with Crippen LogP contribution in [0, 0.1) is 0 Å². The fourth-order valence-electron chi connectivity index (χ4n) is 4.74. The summed E-state index contributed by atoms with van der Waals surface area (Å²) in [5.41, 5.74) is 4.53. The Hall–Kier alpha value is -2.55. The third kappa shape index (κ3) is 6.19. The lowest BCUT2D eigenvalue weighted by molar-refractivity contribution is 0.343. The second kappa shape index (κ2) is 11.7. The number of phenolic OH excluding ortho intramolecular Hbond substituents is 1. The molecular weight excluding hydrogens is 565 g/mol. The predicted molar refractivity (Wildman–Crippen MR) is 158 cm³/mol. The van der Waals surface area contributed by atoms with E-state index >= 15 is 0 Å². The Labute approximate surface area is 238 Å². The molecule has 0 unspecified atom stereocenters. The van der Waals surface area contributed by atoms with Gasteiger partial charge in [0.25, 0.3) is 0 Å². The van der Waals surface area contributed by atoms with Gasteiger partial charge in [0.05, 0.1) is 21.2 Å². The summed E-state index contributed by atoms with van der Waals surface area (Å²) in [7, 11) is -3.58. The number of fused-ring (bicyclic) bond motifs is 1. The highest BCUT2D eigenvalue weighted by Gasteiger charge is 2.19. The minimum Gasteiger partial charge on any atom is -0.505 e. The number of phenols is 1.